The van der Waals surface area contributed by atoms with Gasteiger partial charge in [0.25, 0.3) is 0 Å². The molecule has 0 spiro atoms. The van der Waals surface area contributed by atoms with Crippen LogP contribution < -0.4 is 0 Å². The SMILES string of the molecule is Cc1ncc(CS(O)(O)Cl)s1. The van der Waals surface area contributed by atoms with E-state index < -0.39 is 9.80 Å². The average molecular weight is 214 g/mol. The molecule has 2 N–H and O–H groups in total. The minimum Gasteiger partial charge on any atom is -0.285 e. The van der Waals surface area contributed by atoms with E-state index in [1.54, 1.807) is 6.20 Å². The Morgan fingerprint density at radius 3 is 2.73 bits per heavy atom. The maximum Gasteiger partial charge on any atom is 0.0897 e. The summed E-state index contributed by atoms with van der Waals surface area (Å²) >= 11 is 1.42. The first kappa shape index (κ1) is 9.28. The highest BCUT2D eigenvalue weighted by Crippen LogP contribution is 2.48. The van der Waals surface area contributed by atoms with Crippen LogP contribution in [0.15, 0.2) is 6.20 Å². The van der Waals surface area contributed by atoms with Gasteiger partial charge in [0.1, 0.15) is 0 Å². The highest BCUT2D eigenvalue weighted by atomic mass is 35.7. The van der Waals surface area contributed by atoms with Crippen LogP contribution in [0.2, 0.25) is 0 Å². The summed E-state index contributed by atoms with van der Waals surface area (Å²) in [6.07, 6.45) is 1.61. The number of nitrogens with zero attached hydrogens (tertiary/aromatic N) is 1. The molecule has 0 fully saturated rings. The van der Waals surface area contributed by atoms with E-state index in [0.717, 1.165) is 9.88 Å². The van der Waals surface area contributed by atoms with Gasteiger partial charge < -0.3 is 0 Å². The number of aromatic nitrogens is 1. The Bertz CT molecular complexity index is 245. The molecular weight excluding hydrogens is 206 g/mol. The summed E-state index contributed by atoms with van der Waals surface area (Å²) in [5.74, 6) is 0.0973. The van der Waals surface area contributed by atoms with E-state index in [-0.39, 0.29) is 5.75 Å². The summed E-state index contributed by atoms with van der Waals surface area (Å²) in [6.45, 7) is 1.86. The zero-order valence-electron chi connectivity index (χ0n) is 5.82. The van der Waals surface area contributed by atoms with Crippen molar-refractivity contribution in [3.63, 3.8) is 0 Å². The van der Waals surface area contributed by atoms with Gasteiger partial charge in [-0.25, -0.2) is 4.98 Å². The molecule has 64 valence electrons. The Hall–Kier alpha value is 0.190. The van der Waals surface area contributed by atoms with E-state index in [2.05, 4.69) is 4.98 Å². The normalized spacial score (nSPS) is 13.5. The third-order valence-electron chi connectivity index (χ3n) is 0.995. The monoisotopic (exact) mass is 213 g/mol. The van der Waals surface area contributed by atoms with Crippen LogP contribution in [0.5, 0.6) is 0 Å². The molecule has 0 unspecified atom stereocenters. The van der Waals surface area contributed by atoms with Gasteiger partial charge in [0.05, 0.1) is 10.8 Å². The van der Waals surface area contributed by atoms with Crippen LogP contribution in [-0.2, 0) is 5.75 Å². The lowest BCUT2D eigenvalue weighted by atomic mass is 10.6. The quantitative estimate of drug-likeness (QED) is 0.795. The minimum absolute atomic E-state index is 0.0973. The highest BCUT2D eigenvalue weighted by Gasteiger charge is 2.10. The van der Waals surface area contributed by atoms with Crippen molar-refractivity contribution in [2.45, 2.75) is 12.7 Å². The Morgan fingerprint density at radius 2 is 2.36 bits per heavy atom. The van der Waals surface area contributed by atoms with Gasteiger partial charge in [-0.05, 0) is 6.92 Å². The molecule has 3 nitrogen and oxygen atoms in total. The third kappa shape index (κ3) is 3.39. The molecule has 0 bridgehead atoms. The van der Waals surface area contributed by atoms with Crippen molar-refractivity contribution in [1.82, 2.24) is 4.98 Å². The lowest BCUT2D eigenvalue weighted by Crippen LogP contribution is -1.89. The fraction of sp³-hybridized carbons (Fsp3) is 0.400. The second-order valence-electron chi connectivity index (χ2n) is 2.08. The second kappa shape index (κ2) is 3.28. The predicted octanol–water partition coefficient (Wildman–Crippen LogP) is 2.86. The first-order valence-electron chi connectivity index (χ1n) is 2.84. The van der Waals surface area contributed by atoms with Crippen molar-refractivity contribution < 1.29 is 9.11 Å². The molecule has 0 aliphatic carbocycles. The van der Waals surface area contributed by atoms with E-state index in [0.29, 0.717) is 0 Å². The average Bonchev–Trinajstić information content (AvgIpc) is 2.10. The molecule has 0 saturated heterocycles. The lowest BCUT2D eigenvalue weighted by molar-refractivity contribution is 0.506. The van der Waals surface area contributed by atoms with Gasteiger partial charge in [-0.2, -0.15) is 0 Å². The molecule has 0 radical (unpaired) electrons. The molecule has 1 aromatic rings. The molecule has 0 aliphatic heterocycles. The Morgan fingerprint density at radius 1 is 1.73 bits per heavy atom. The molecule has 11 heavy (non-hydrogen) atoms. The standard InChI is InChI=1S/C5H8ClNO2S2/c1-4-7-2-5(10-4)3-11(6,8)9/h2,8-9H,3H2,1H3. The van der Waals surface area contributed by atoms with Gasteiger partial charge in [0.2, 0.25) is 0 Å². The maximum atomic E-state index is 8.86. The molecule has 0 aromatic carbocycles. The van der Waals surface area contributed by atoms with Gasteiger partial charge in [-0.3, -0.25) is 9.11 Å². The number of thiazole rings is 1. The lowest BCUT2D eigenvalue weighted by Gasteiger charge is -2.20. The Labute approximate surface area is 74.9 Å². The molecular formula is C5H8ClNO2S2. The van der Waals surface area contributed by atoms with E-state index >= 15 is 0 Å². The van der Waals surface area contributed by atoms with Crippen molar-refractivity contribution in [3.05, 3.63) is 16.1 Å². The van der Waals surface area contributed by atoms with Crippen molar-refractivity contribution in [1.29, 1.82) is 0 Å². The first-order chi connectivity index (χ1) is 4.97. The van der Waals surface area contributed by atoms with Crippen LogP contribution in [-0.4, -0.2) is 14.1 Å². The molecule has 0 amide bonds. The summed E-state index contributed by atoms with van der Waals surface area (Å²) < 4.78 is 17.7. The van der Waals surface area contributed by atoms with E-state index in [1.807, 2.05) is 6.92 Å². The molecule has 0 atom stereocenters. The summed E-state index contributed by atoms with van der Waals surface area (Å²) in [6, 6.07) is 0. The fourth-order valence-corrected chi connectivity index (χ4v) is 2.96. The maximum absolute atomic E-state index is 8.86. The number of rotatable bonds is 2. The van der Waals surface area contributed by atoms with Crippen LogP contribution in [0.3, 0.4) is 0 Å². The van der Waals surface area contributed by atoms with E-state index in [4.69, 9.17) is 19.8 Å². The smallest absolute Gasteiger partial charge is 0.0897 e. The van der Waals surface area contributed by atoms with Crippen LogP contribution in [0.1, 0.15) is 9.88 Å². The third-order valence-corrected chi connectivity index (χ3v) is 3.10. The van der Waals surface area contributed by atoms with Crippen LogP contribution in [0, 0.1) is 6.92 Å². The summed E-state index contributed by atoms with van der Waals surface area (Å²) in [4.78, 5) is 4.76. The van der Waals surface area contributed by atoms with Gasteiger partial charge in [-0.15, -0.1) is 21.1 Å². The van der Waals surface area contributed by atoms with Gasteiger partial charge in [-0.1, -0.05) is 0 Å². The molecule has 1 heterocycles. The number of halogens is 1. The predicted molar refractivity (Wildman–Crippen MR) is 49.3 cm³/mol. The zero-order chi connectivity index (χ0) is 8.48. The molecule has 0 saturated carbocycles. The van der Waals surface area contributed by atoms with Crippen molar-refractivity contribution in [2.75, 3.05) is 0 Å². The first-order valence-corrected chi connectivity index (χ1v) is 6.20. The van der Waals surface area contributed by atoms with Crippen molar-refractivity contribution in [2.24, 2.45) is 0 Å². The van der Waals surface area contributed by atoms with Gasteiger partial charge in [0.15, 0.2) is 0 Å². The Kier molecular flexibility index (Phi) is 2.77. The summed E-state index contributed by atoms with van der Waals surface area (Å²) in [5, 5.41) is 0.903. The highest BCUT2D eigenvalue weighted by molar-refractivity contribution is 8.42. The zero-order valence-corrected chi connectivity index (χ0v) is 8.21. The van der Waals surface area contributed by atoms with Gasteiger partial charge >= 0.3 is 0 Å². The second-order valence-corrected chi connectivity index (χ2v) is 6.34. The fourth-order valence-electron chi connectivity index (χ4n) is 0.653. The van der Waals surface area contributed by atoms with Crippen molar-refractivity contribution >= 4 is 31.8 Å². The molecule has 1 aromatic heterocycles. The van der Waals surface area contributed by atoms with Crippen LogP contribution in [0.4, 0.5) is 0 Å². The number of hydrogen-bond acceptors (Lipinski definition) is 4. The van der Waals surface area contributed by atoms with Crippen LogP contribution >= 0.6 is 31.8 Å². The summed E-state index contributed by atoms with van der Waals surface area (Å²) in [5.41, 5.74) is 0. The Balaban J connectivity index is 2.65. The topological polar surface area (TPSA) is 53.4 Å². The number of aryl methyl sites for hydroxylation is 1. The molecule has 1 rings (SSSR count). The molecule has 0 aliphatic rings. The molecule has 6 heteroatoms. The van der Waals surface area contributed by atoms with Crippen LogP contribution in [0.25, 0.3) is 0 Å². The van der Waals surface area contributed by atoms with E-state index in [1.165, 1.54) is 11.3 Å². The largest absolute Gasteiger partial charge is 0.285 e. The summed E-state index contributed by atoms with van der Waals surface area (Å²) in [7, 11) is 2.33. The van der Waals surface area contributed by atoms with Crippen molar-refractivity contribution in [3.8, 4) is 0 Å². The number of hydrogen-bond donors (Lipinski definition) is 2. The minimum atomic E-state index is -2.92. The van der Waals surface area contributed by atoms with Gasteiger partial charge in [0, 0.05) is 21.8 Å². The van der Waals surface area contributed by atoms with E-state index in [9.17, 15) is 0 Å².